The molecule has 0 radical (unpaired) electrons. The van der Waals surface area contributed by atoms with Gasteiger partial charge in [0.2, 0.25) is 0 Å². The van der Waals surface area contributed by atoms with E-state index in [0.717, 1.165) is 11.3 Å². The van der Waals surface area contributed by atoms with Crippen molar-refractivity contribution in [3.05, 3.63) is 83.3 Å². The number of hydrogen-bond donors (Lipinski definition) is 2. The van der Waals surface area contributed by atoms with Gasteiger partial charge in [-0.3, -0.25) is 4.79 Å². The van der Waals surface area contributed by atoms with Crippen molar-refractivity contribution in [2.45, 2.75) is 26.9 Å². The Labute approximate surface area is 163 Å². The lowest BCUT2D eigenvalue weighted by molar-refractivity contribution is 0.0923. The molecule has 6 nitrogen and oxygen atoms in total. The first kappa shape index (κ1) is 19.2. The Bertz CT molecular complexity index is 977. The van der Waals surface area contributed by atoms with Gasteiger partial charge in [-0.15, -0.1) is 0 Å². The second kappa shape index (κ2) is 8.90. The Kier molecular flexibility index (Phi) is 6.11. The molecule has 0 fully saturated rings. The smallest absolute Gasteiger partial charge is 0.307 e. The number of aryl methyl sites for hydroxylation is 1. The van der Waals surface area contributed by atoms with Crippen molar-refractivity contribution in [1.82, 2.24) is 5.43 Å². The van der Waals surface area contributed by atoms with E-state index in [1.165, 1.54) is 0 Å². The Morgan fingerprint density at radius 3 is 2.68 bits per heavy atom. The summed E-state index contributed by atoms with van der Waals surface area (Å²) in [5, 5.41) is 14.2. The molecule has 1 heterocycles. The predicted molar refractivity (Wildman–Crippen MR) is 107 cm³/mol. The predicted octanol–water partition coefficient (Wildman–Crippen LogP) is 4.42. The van der Waals surface area contributed by atoms with Gasteiger partial charge in [-0.2, -0.15) is 5.10 Å². The zero-order valence-corrected chi connectivity index (χ0v) is 15.8. The van der Waals surface area contributed by atoms with E-state index in [0.29, 0.717) is 23.5 Å². The number of ether oxygens (including phenoxy) is 1. The molecule has 0 unspecified atom stereocenters. The minimum Gasteiger partial charge on any atom is -0.507 e. The summed E-state index contributed by atoms with van der Waals surface area (Å²) >= 11 is 0. The number of carbonyl (C=O) groups is 1. The number of benzene rings is 2. The molecule has 3 aromatic rings. The monoisotopic (exact) mass is 378 g/mol. The van der Waals surface area contributed by atoms with Gasteiger partial charge in [0.25, 0.3) is 0 Å². The second-order valence-corrected chi connectivity index (χ2v) is 6.24. The minimum atomic E-state index is -0.468. The maximum absolute atomic E-state index is 12.3. The quantitative estimate of drug-likeness (QED) is 0.471. The third kappa shape index (κ3) is 4.79. The maximum Gasteiger partial charge on any atom is 0.307 e. The van der Waals surface area contributed by atoms with E-state index < -0.39 is 5.91 Å². The average Bonchev–Trinajstić information content (AvgIpc) is 3.19. The molecule has 144 valence electrons. The Morgan fingerprint density at radius 1 is 1.14 bits per heavy atom. The first-order valence-electron chi connectivity index (χ1n) is 9.00. The molecule has 2 N–H and O–H groups in total. The molecule has 0 atom stereocenters. The molecule has 1 aromatic heterocycles. The highest BCUT2D eigenvalue weighted by Gasteiger charge is 2.13. The molecule has 0 spiro atoms. The van der Waals surface area contributed by atoms with Gasteiger partial charge >= 0.3 is 5.91 Å². The Morgan fingerprint density at radius 2 is 1.93 bits per heavy atom. The molecular weight excluding hydrogens is 356 g/mol. The second-order valence-electron chi connectivity index (χ2n) is 6.24. The minimum absolute atomic E-state index is 0.124. The van der Waals surface area contributed by atoms with Crippen LogP contribution >= 0.6 is 0 Å². The summed E-state index contributed by atoms with van der Waals surface area (Å²) in [6.45, 7) is 4.05. The van der Waals surface area contributed by atoms with Gasteiger partial charge in [-0.25, -0.2) is 5.43 Å². The number of phenols is 1. The summed E-state index contributed by atoms with van der Waals surface area (Å²) in [7, 11) is 0. The fourth-order valence-electron chi connectivity index (χ4n) is 2.63. The van der Waals surface area contributed by atoms with Crippen LogP contribution in [0.4, 0.5) is 0 Å². The molecular formula is C22H22N2O4. The third-order valence-electron chi connectivity index (χ3n) is 4.10. The largest absolute Gasteiger partial charge is 0.507 e. The van der Waals surface area contributed by atoms with Crippen molar-refractivity contribution in [2.75, 3.05) is 0 Å². The molecule has 2 aromatic carbocycles. The number of hydrogen-bond acceptors (Lipinski definition) is 5. The topological polar surface area (TPSA) is 84.1 Å². The summed E-state index contributed by atoms with van der Waals surface area (Å²) in [6, 6.07) is 17.9. The Balaban J connectivity index is 1.65. The van der Waals surface area contributed by atoms with Crippen molar-refractivity contribution in [2.24, 2.45) is 5.10 Å². The molecule has 0 aliphatic rings. The van der Waals surface area contributed by atoms with Gasteiger partial charge in [0.1, 0.15) is 23.9 Å². The van der Waals surface area contributed by atoms with E-state index in [2.05, 4.69) is 10.5 Å². The third-order valence-corrected chi connectivity index (χ3v) is 4.10. The fourth-order valence-corrected chi connectivity index (χ4v) is 2.63. The molecule has 0 aliphatic carbocycles. The number of para-hydroxylation sites is 1. The lowest BCUT2D eigenvalue weighted by Gasteiger charge is -2.08. The van der Waals surface area contributed by atoms with E-state index >= 15 is 0 Å². The van der Waals surface area contributed by atoms with Gasteiger partial charge in [-0.05, 0) is 49.7 Å². The summed E-state index contributed by atoms with van der Waals surface area (Å²) in [4.78, 5) is 12.3. The van der Waals surface area contributed by atoms with Gasteiger partial charge < -0.3 is 14.3 Å². The normalized spacial score (nSPS) is 11.3. The number of carbonyl (C=O) groups excluding carboxylic acids is 1. The van der Waals surface area contributed by atoms with Crippen LogP contribution in [0.3, 0.4) is 0 Å². The van der Waals surface area contributed by atoms with Crippen LogP contribution in [0.1, 0.15) is 40.8 Å². The molecule has 28 heavy (non-hydrogen) atoms. The summed E-state index contributed by atoms with van der Waals surface area (Å²) in [5.41, 5.74) is 4.65. The van der Waals surface area contributed by atoms with Gasteiger partial charge in [-0.1, -0.05) is 36.8 Å². The van der Waals surface area contributed by atoms with E-state index in [9.17, 15) is 9.90 Å². The lowest BCUT2D eigenvalue weighted by Crippen LogP contribution is -2.19. The molecule has 6 heteroatoms. The molecule has 3 rings (SSSR count). The zero-order valence-electron chi connectivity index (χ0n) is 15.8. The zero-order chi connectivity index (χ0) is 19.9. The molecule has 1 amide bonds. The maximum atomic E-state index is 12.3. The summed E-state index contributed by atoms with van der Waals surface area (Å²) in [6.07, 6.45) is 0.547. The summed E-state index contributed by atoms with van der Waals surface area (Å²) in [5.74, 6) is 1.05. The number of nitrogens with zero attached hydrogens (tertiary/aromatic N) is 1. The lowest BCUT2D eigenvalue weighted by atomic mass is 10.0. The number of amides is 1. The van der Waals surface area contributed by atoms with Crippen molar-refractivity contribution < 1.29 is 19.1 Å². The van der Waals surface area contributed by atoms with Crippen LogP contribution in [0.15, 0.2) is 70.2 Å². The van der Waals surface area contributed by atoms with Gasteiger partial charge in [0.15, 0.2) is 5.76 Å². The SMILES string of the molecule is CCC(=NNC(=O)c1ccc(COc2ccccc2)o1)c1cc(C)ccc1O. The molecule has 0 saturated carbocycles. The van der Waals surface area contributed by atoms with Crippen LogP contribution in [0.5, 0.6) is 11.5 Å². The highest BCUT2D eigenvalue weighted by Crippen LogP contribution is 2.20. The van der Waals surface area contributed by atoms with Crippen LogP contribution in [0.2, 0.25) is 0 Å². The van der Waals surface area contributed by atoms with Crippen LogP contribution in [-0.4, -0.2) is 16.7 Å². The van der Waals surface area contributed by atoms with E-state index in [4.69, 9.17) is 9.15 Å². The van der Waals surface area contributed by atoms with E-state index in [1.54, 1.807) is 18.2 Å². The molecule has 0 aliphatic heterocycles. The van der Waals surface area contributed by atoms with Crippen LogP contribution in [-0.2, 0) is 6.61 Å². The van der Waals surface area contributed by atoms with Crippen molar-refractivity contribution in [3.63, 3.8) is 0 Å². The van der Waals surface area contributed by atoms with Crippen molar-refractivity contribution >= 4 is 11.6 Å². The van der Waals surface area contributed by atoms with Gasteiger partial charge in [0, 0.05) is 5.56 Å². The summed E-state index contributed by atoms with van der Waals surface area (Å²) < 4.78 is 11.1. The number of nitrogens with one attached hydrogen (secondary N) is 1. The first-order valence-corrected chi connectivity index (χ1v) is 9.00. The van der Waals surface area contributed by atoms with Crippen molar-refractivity contribution in [3.8, 4) is 11.5 Å². The van der Waals surface area contributed by atoms with E-state index in [-0.39, 0.29) is 18.1 Å². The number of furan rings is 1. The fraction of sp³-hybridized carbons (Fsp3) is 0.182. The molecule has 0 saturated heterocycles. The van der Waals surface area contributed by atoms with Crippen molar-refractivity contribution in [1.29, 1.82) is 0 Å². The number of aromatic hydroxyl groups is 1. The van der Waals surface area contributed by atoms with Crippen LogP contribution in [0, 0.1) is 6.92 Å². The highest BCUT2D eigenvalue weighted by atomic mass is 16.5. The standard InChI is InChI=1S/C22H22N2O4/c1-3-19(18-13-15(2)9-11-20(18)25)23-24-22(26)21-12-10-17(28-21)14-27-16-7-5-4-6-8-16/h4-13,25H,3,14H2,1-2H3,(H,24,26). The molecule has 0 bridgehead atoms. The van der Waals surface area contributed by atoms with E-state index in [1.807, 2.05) is 56.3 Å². The number of rotatable bonds is 7. The first-order chi connectivity index (χ1) is 13.6. The van der Waals surface area contributed by atoms with Crippen LogP contribution < -0.4 is 10.2 Å². The number of phenolic OH excluding ortho intramolecular Hbond substituents is 1. The Hall–Kier alpha value is -3.54. The average molecular weight is 378 g/mol. The number of hydrazone groups is 1. The van der Waals surface area contributed by atoms with Crippen LogP contribution in [0.25, 0.3) is 0 Å². The highest BCUT2D eigenvalue weighted by molar-refractivity contribution is 6.03. The van der Waals surface area contributed by atoms with Gasteiger partial charge in [0.05, 0.1) is 5.71 Å².